The first-order valence-corrected chi connectivity index (χ1v) is 10.6. The highest BCUT2D eigenvalue weighted by atomic mass is 35.5. The summed E-state index contributed by atoms with van der Waals surface area (Å²) in [4.78, 5) is 22.6. The molecule has 0 aliphatic heterocycles. The van der Waals surface area contributed by atoms with E-state index >= 15 is 0 Å². The van der Waals surface area contributed by atoms with E-state index in [0.717, 1.165) is 5.56 Å². The maximum absolute atomic E-state index is 14.1. The van der Waals surface area contributed by atoms with E-state index in [1.165, 1.54) is 24.5 Å². The number of primary amides is 1. The van der Waals surface area contributed by atoms with E-state index in [-0.39, 0.29) is 41.9 Å². The third-order valence-electron chi connectivity index (χ3n) is 6.32. The number of hydrogen-bond acceptors (Lipinski definition) is 5. The molecule has 1 aromatic heterocycles. The van der Waals surface area contributed by atoms with Crippen LogP contribution in [0.25, 0.3) is 0 Å². The van der Waals surface area contributed by atoms with Crippen LogP contribution in [0.3, 0.4) is 0 Å². The van der Waals surface area contributed by atoms with Gasteiger partial charge in [-0.2, -0.15) is 13.2 Å². The fourth-order valence-electron chi connectivity index (χ4n) is 4.32. The van der Waals surface area contributed by atoms with E-state index < -0.39 is 29.3 Å². The van der Waals surface area contributed by atoms with Crippen LogP contribution >= 0.6 is 11.6 Å². The second-order valence-corrected chi connectivity index (χ2v) is 9.00. The quantitative estimate of drug-likeness (QED) is 0.579. The Kier molecular flexibility index (Phi) is 7.00. The first kappa shape index (κ1) is 24.3. The number of amides is 1. The molecule has 3 rings (SSSR count). The number of phenolic OH excluding ortho intramolecular Hbond substituents is 1. The lowest BCUT2D eigenvalue weighted by Crippen LogP contribution is -2.44. The van der Waals surface area contributed by atoms with Crippen LogP contribution in [0.5, 0.6) is 5.75 Å². The van der Waals surface area contributed by atoms with Crippen LogP contribution in [-0.2, 0) is 11.2 Å². The second-order valence-electron chi connectivity index (χ2n) is 8.59. The fourth-order valence-corrected chi connectivity index (χ4v) is 4.53. The number of hydrogen-bond donors (Lipinski definition) is 2. The lowest BCUT2D eigenvalue weighted by atomic mass is 9.74. The van der Waals surface area contributed by atoms with Crippen LogP contribution in [0.2, 0.25) is 5.02 Å². The van der Waals surface area contributed by atoms with Gasteiger partial charge < -0.3 is 15.7 Å². The molecular formula is C22H26ClF3N4O2. The molecule has 1 heterocycles. The summed E-state index contributed by atoms with van der Waals surface area (Å²) < 4.78 is 42.4. The SMILES string of the molecule is CN(C)[C@H](Cc1ccc(O)c(Cl)c1)CC(C(N)=O)C(c1ncccn1)C1(C(F)(F)F)CC1. The largest absolute Gasteiger partial charge is 0.506 e. The number of phenols is 1. The van der Waals surface area contributed by atoms with Crippen molar-refractivity contribution in [3.63, 3.8) is 0 Å². The van der Waals surface area contributed by atoms with Gasteiger partial charge in [0.25, 0.3) is 0 Å². The third kappa shape index (κ3) is 4.99. The predicted octanol–water partition coefficient (Wildman–Crippen LogP) is 3.93. The van der Waals surface area contributed by atoms with Crippen molar-refractivity contribution in [2.75, 3.05) is 14.1 Å². The third-order valence-corrected chi connectivity index (χ3v) is 6.62. The van der Waals surface area contributed by atoms with Gasteiger partial charge in [-0.3, -0.25) is 4.79 Å². The number of carbonyl (C=O) groups excluding carboxylic acids is 1. The van der Waals surface area contributed by atoms with Crippen molar-refractivity contribution in [2.45, 2.75) is 43.8 Å². The van der Waals surface area contributed by atoms with Gasteiger partial charge in [0.05, 0.1) is 10.4 Å². The number of carbonyl (C=O) groups is 1. The van der Waals surface area contributed by atoms with Gasteiger partial charge in [0.2, 0.25) is 5.91 Å². The van der Waals surface area contributed by atoms with Crippen molar-refractivity contribution in [2.24, 2.45) is 17.1 Å². The minimum Gasteiger partial charge on any atom is -0.506 e. The summed E-state index contributed by atoms with van der Waals surface area (Å²) in [5.41, 5.74) is 4.41. The molecule has 1 aromatic carbocycles. The molecule has 0 bridgehead atoms. The molecule has 2 unspecified atom stereocenters. The Hall–Kier alpha value is -2.39. The molecule has 1 saturated carbocycles. The summed E-state index contributed by atoms with van der Waals surface area (Å²) in [7, 11) is 3.57. The zero-order valence-corrected chi connectivity index (χ0v) is 18.6. The number of nitrogens with zero attached hydrogens (tertiary/aromatic N) is 3. The highest BCUT2D eigenvalue weighted by Crippen LogP contribution is 2.67. The first-order valence-electron chi connectivity index (χ1n) is 10.2. The summed E-state index contributed by atoms with van der Waals surface area (Å²) >= 11 is 6.00. The second kappa shape index (κ2) is 9.23. The van der Waals surface area contributed by atoms with Crippen molar-refractivity contribution >= 4 is 17.5 Å². The molecular weight excluding hydrogens is 445 g/mol. The lowest BCUT2D eigenvalue weighted by Gasteiger charge is -2.36. The number of halogens is 4. The Balaban J connectivity index is 1.97. The Labute approximate surface area is 189 Å². The van der Waals surface area contributed by atoms with Gasteiger partial charge in [-0.05, 0) is 63.5 Å². The Morgan fingerprint density at radius 2 is 1.91 bits per heavy atom. The van der Waals surface area contributed by atoms with E-state index in [0.29, 0.717) is 6.42 Å². The van der Waals surface area contributed by atoms with Crippen molar-refractivity contribution in [1.29, 1.82) is 0 Å². The molecule has 1 amide bonds. The number of nitrogens with two attached hydrogens (primary N) is 1. The van der Waals surface area contributed by atoms with Crippen molar-refractivity contribution < 1.29 is 23.1 Å². The Morgan fingerprint density at radius 1 is 1.28 bits per heavy atom. The Morgan fingerprint density at radius 3 is 2.38 bits per heavy atom. The highest BCUT2D eigenvalue weighted by molar-refractivity contribution is 6.32. The molecule has 1 aliphatic carbocycles. The van der Waals surface area contributed by atoms with Gasteiger partial charge in [0.1, 0.15) is 11.6 Å². The first-order chi connectivity index (χ1) is 15.0. The van der Waals surface area contributed by atoms with Gasteiger partial charge >= 0.3 is 6.18 Å². The molecule has 3 N–H and O–H groups in total. The number of benzene rings is 1. The fraction of sp³-hybridized carbons (Fsp3) is 0.500. The Bertz CT molecular complexity index is 952. The number of likely N-dealkylation sites (N-methyl/N-ethyl adjacent to an activating group) is 1. The monoisotopic (exact) mass is 470 g/mol. The molecule has 32 heavy (non-hydrogen) atoms. The number of aromatic hydroxyl groups is 1. The van der Waals surface area contributed by atoms with Crippen LogP contribution in [0, 0.1) is 11.3 Å². The number of rotatable bonds is 9. The van der Waals surface area contributed by atoms with E-state index in [1.54, 1.807) is 26.2 Å². The molecule has 0 radical (unpaired) electrons. The number of alkyl halides is 3. The van der Waals surface area contributed by atoms with Crippen LogP contribution in [0.1, 0.15) is 36.6 Å². The molecule has 174 valence electrons. The van der Waals surface area contributed by atoms with Crippen LogP contribution < -0.4 is 5.73 Å². The zero-order valence-electron chi connectivity index (χ0n) is 17.8. The highest BCUT2D eigenvalue weighted by Gasteiger charge is 2.69. The maximum atomic E-state index is 14.1. The van der Waals surface area contributed by atoms with Gasteiger partial charge in [0.15, 0.2) is 0 Å². The van der Waals surface area contributed by atoms with Gasteiger partial charge in [0, 0.05) is 30.3 Å². The summed E-state index contributed by atoms with van der Waals surface area (Å²) in [5.74, 6) is -3.28. The molecule has 0 spiro atoms. The van der Waals surface area contributed by atoms with Crippen molar-refractivity contribution in [3.8, 4) is 5.75 Å². The molecule has 0 saturated heterocycles. The minimum atomic E-state index is -4.51. The maximum Gasteiger partial charge on any atom is 0.395 e. The average molecular weight is 471 g/mol. The normalized spacial score (nSPS) is 18.2. The van der Waals surface area contributed by atoms with Crippen LogP contribution in [0.4, 0.5) is 13.2 Å². The summed E-state index contributed by atoms with van der Waals surface area (Å²) in [5, 5.41) is 9.83. The van der Waals surface area contributed by atoms with Gasteiger partial charge in [-0.15, -0.1) is 0 Å². The minimum absolute atomic E-state index is 0.0173. The summed E-state index contributed by atoms with van der Waals surface area (Å²) in [6.07, 6.45) is -1.46. The number of aromatic nitrogens is 2. The molecule has 10 heteroatoms. The van der Waals surface area contributed by atoms with E-state index in [2.05, 4.69) is 9.97 Å². The van der Waals surface area contributed by atoms with Crippen molar-refractivity contribution in [1.82, 2.24) is 14.9 Å². The molecule has 1 fully saturated rings. The van der Waals surface area contributed by atoms with Crippen molar-refractivity contribution in [3.05, 3.63) is 53.1 Å². The molecule has 1 aliphatic rings. The smallest absolute Gasteiger partial charge is 0.395 e. The van der Waals surface area contributed by atoms with Gasteiger partial charge in [-0.1, -0.05) is 17.7 Å². The van der Waals surface area contributed by atoms with E-state index in [4.69, 9.17) is 17.3 Å². The van der Waals surface area contributed by atoms with E-state index in [1.807, 2.05) is 4.90 Å². The molecule has 6 nitrogen and oxygen atoms in total. The van der Waals surface area contributed by atoms with E-state index in [9.17, 15) is 23.1 Å². The summed E-state index contributed by atoms with van der Waals surface area (Å²) in [6.45, 7) is 0. The average Bonchev–Trinajstić information content (AvgIpc) is 3.52. The standard InChI is InChI=1S/C22H26ClF3N4O2/c1-30(2)14(10-13-4-5-17(31)16(23)11-13)12-15(19(27)32)18(20-28-8-3-9-29-20)21(6-7-21)22(24,25)26/h3-5,8-9,11,14-15,18,31H,6-7,10,12H2,1-2H3,(H2,27,32)/t14-,15?,18?/m1/s1. The zero-order chi connectivity index (χ0) is 23.7. The summed E-state index contributed by atoms with van der Waals surface area (Å²) in [6, 6.07) is 5.95. The predicted molar refractivity (Wildman–Crippen MR) is 114 cm³/mol. The van der Waals surface area contributed by atoms with Gasteiger partial charge in [-0.25, -0.2) is 9.97 Å². The van der Waals surface area contributed by atoms with Crippen LogP contribution in [0.15, 0.2) is 36.7 Å². The topological polar surface area (TPSA) is 92.3 Å². The lowest BCUT2D eigenvalue weighted by molar-refractivity contribution is -0.199. The molecule has 3 atom stereocenters. The van der Waals surface area contributed by atoms with Crippen LogP contribution in [-0.4, -0.2) is 52.2 Å². The molecule has 2 aromatic rings.